The highest BCUT2D eigenvalue weighted by Crippen LogP contribution is 1.91. The molecule has 0 aromatic heterocycles. The van der Waals surface area contributed by atoms with Gasteiger partial charge in [-0.1, -0.05) is 19.6 Å². The van der Waals surface area contributed by atoms with E-state index in [1.165, 1.54) is 0 Å². The number of hydrogen-bond acceptors (Lipinski definition) is 1. The summed E-state index contributed by atoms with van der Waals surface area (Å²) in [6.07, 6.45) is 2.74. The Hall–Kier alpha value is -0.265. The van der Waals surface area contributed by atoms with Crippen LogP contribution >= 0.6 is 0 Å². The monoisotopic (exact) mass is 111 g/mol. The Bertz CT molecular complexity index is 70.9. The summed E-state index contributed by atoms with van der Waals surface area (Å²) in [6, 6.07) is 0. The van der Waals surface area contributed by atoms with Gasteiger partial charge < -0.3 is 4.79 Å². The van der Waals surface area contributed by atoms with E-state index in [9.17, 15) is 4.79 Å². The molecule has 0 aliphatic carbocycles. The Morgan fingerprint density at radius 1 is 1.62 bits per heavy atom. The van der Waals surface area contributed by atoms with Gasteiger partial charge in [0.2, 0.25) is 0 Å². The number of rotatable bonds is 4. The van der Waals surface area contributed by atoms with Crippen molar-refractivity contribution in [2.45, 2.75) is 32.9 Å². The zero-order valence-electron chi connectivity index (χ0n) is 5.61. The molecule has 0 aromatic rings. The Morgan fingerprint density at radius 3 is 2.62 bits per heavy atom. The second-order valence-corrected chi connectivity index (χ2v) is 1.94. The molecule has 0 aliphatic rings. The summed E-state index contributed by atoms with van der Waals surface area (Å²) in [5, 5.41) is 0. The van der Waals surface area contributed by atoms with E-state index in [4.69, 9.17) is 0 Å². The average Bonchev–Trinajstić information content (AvgIpc) is 1.66. The lowest BCUT2D eigenvalue weighted by atomic mass is 9.70. The molecule has 0 saturated heterocycles. The number of Topliss-reactive ketones (excluding diaryl/α,β-unsaturated/α-hetero) is 1. The molecular formula is C6H12BO. The zero-order chi connectivity index (χ0) is 6.41. The fraction of sp³-hybridized carbons (Fsp3) is 0.833. The van der Waals surface area contributed by atoms with Crippen LogP contribution in [0.1, 0.15) is 20.3 Å². The first-order valence-corrected chi connectivity index (χ1v) is 3.08. The Balaban J connectivity index is 2.82. The maximum Gasteiger partial charge on any atom is 0.129 e. The highest BCUT2D eigenvalue weighted by Gasteiger charge is 1.91. The molecule has 0 aromatic carbocycles. The van der Waals surface area contributed by atoms with Crippen molar-refractivity contribution in [3.8, 4) is 0 Å². The van der Waals surface area contributed by atoms with Crippen molar-refractivity contribution < 1.29 is 4.79 Å². The molecule has 1 nitrogen and oxygen atoms in total. The molecule has 0 rings (SSSR count). The second kappa shape index (κ2) is 4.88. The minimum atomic E-state index is 0.287. The first kappa shape index (κ1) is 7.73. The molecule has 0 fully saturated rings. The van der Waals surface area contributed by atoms with Gasteiger partial charge in [0.1, 0.15) is 13.1 Å². The van der Waals surface area contributed by atoms with E-state index >= 15 is 0 Å². The van der Waals surface area contributed by atoms with Crippen molar-refractivity contribution in [1.82, 2.24) is 0 Å². The Labute approximate surface area is 51.7 Å². The molecule has 0 amide bonds. The molecular weight excluding hydrogens is 98.9 g/mol. The van der Waals surface area contributed by atoms with Gasteiger partial charge in [-0.2, -0.15) is 0 Å². The van der Waals surface area contributed by atoms with E-state index in [1.54, 1.807) is 6.92 Å². The smallest absolute Gasteiger partial charge is 0.129 e. The fourth-order valence-electron chi connectivity index (χ4n) is 0.509. The van der Waals surface area contributed by atoms with Crippen LogP contribution < -0.4 is 0 Å². The first-order chi connectivity index (χ1) is 3.77. The van der Waals surface area contributed by atoms with Crippen LogP contribution in [0.25, 0.3) is 0 Å². The quantitative estimate of drug-likeness (QED) is 0.397. The largest absolute Gasteiger partial charge is 0.300 e. The van der Waals surface area contributed by atoms with E-state index in [0.717, 1.165) is 12.6 Å². The molecule has 0 bridgehead atoms. The lowest BCUT2D eigenvalue weighted by Gasteiger charge is -1.88. The van der Waals surface area contributed by atoms with Crippen LogP contribution in [0.5, 0.6) is 0 Å². The molecule has 2 heteroatoms. The zero-order valence-corrected chi connectivity index (χ0v) is 5.61. The Morgan fingerprint density at radius 2 is 2.25 bits per heavy atom. The van der Waals surface area contributed by atoms with Gasteiger partial charge in [-0.15, -0.1) is 0 Å². The minimum Gasteiger partial charge on any atom is -0.300 e. The van der Waals surface area contributed by atoms with Gasteiger partial charge in [0, 0.05) is 0 Å². The molecule has 0 saturated carbocycles. The molecule has 0 aliphatic heterocycles. The molecule has 1 radical (unpaired) electrons. The van der Waals surface area contributed by atoms with Crippen molar-refractivity contribution in [2.75, 3.05) is 0 Å². The molecule has 45 valence electrons. The highest BCUT2D eigenvalue weighted by atomic mass is 16.1. The van der Waals surface area contributed by atoms with Gasteiger partial charge in [-0.3, -0.25) is 0 Å². The van der Waals surface area contributed by atoms with Crippen LogP contribution in [-0.4, -0.2) is 13.1 Å². The van der Waals surface area contributed by atoms with Gasteiger partial charge in [-0.25, -0.2) is 0 Å². The Kier molecular flexibility index (Phi) is 4.72. The van der Waals surface area contributed by atoms with E-state index in [1.807, 2.05) is 0 Å². The van der Waals surface area contributed by atoms with Crippen LogP contribution in [-0.2, 0) is 4.79 Å². The molecule has 0 N–H and O–H groups in total. The number of carbonyl (C=O) groups is 1. The van der Waals surface area contributed by atoms with E-state index in [2.05, 4.69) is 14.2 Å². The van der Waals surface area contributed by atoms with Gasteiger partial charge in [0.05, 0.1) is 0 Å². The maximum absolute atomic E-state index is 10.3. The van der Waals surface area contributed by atoms with Gasteiger partial charge in [0.15, 0.2) is 0 Å². The number of carbonyl (C=O) groups excluding carboxylic acids is 1. The summed E-state index contributed by atoms with van der Waals surface area (Å²) in [7, 11) is 2.13. The third-order valence-electron chi connectivity index (χ3n) is 0.989. The summed E-state index contributed by atoms with van der Waals surface area (Å²) in [6.45, 7) is 3.71. The van der Waals surface area contributed by atoms with Crippen molar-refractivity contribution >= 4 is 13.1 Å². The summed E-state index contributed by atoms with van der Waals surface area (Å²) < 4.78 is 0. The van der Waals surface area contributed by atoms with E-state index < -0.39 is 0 Å². The SMILES string of the molecule is CC[B]CCC(C)=O. The summed E-state index contributed by atoms with van der Waals surface area (Å²) in [5.74, 6) is 0.287. The predicted molar refractivity (Wildman–Crippen MR) is 36.3 cm³/mol. The van der Waals surface area contributed by atoms with Gasteiger partial charge in [-0.05, 0) is 13.3 Å². The standard InChI is InChI=1S/C6H12BO/c1-3-7-5-4-6(2)8/h3-5H2,1-2H3. The second-order valence-electron chi connectivity index (χ2n) is 1.94. The van der Waals surface area contributed by atoms with Crippen molar-refractivity contribution in [2.24, 2.45) is 0 Å². The van der Waals surface area contributed by atoms with Crippen LogP contribution in [0.4, 0.5) is 0 Å². The predicted octanol–water partition coefficient (Wildman–Crippen LogP) is 1.53. The van der Waals surface area contributed by atoms with Crippen LogP contribution in [0, 0.1) is 0 Å². The van der Waals surface area contributed by atoms with Crippen LogP contribution in [0.15, 0.2) is 0 Å². The topological polar surface area (TPSA) is 17.1 Å². The van der Waals surface area contributed by atoms with Crippen LogP contribution in [0.2, 0.25) is 12.6 Å². The highest BCUT2D eigenvalue weighted by molar-refractivity contribution is 6.35. The molecule has 0 heterocycles. The summed E-state index contributed by atoms with van der Waals surface area (Å²) in [5.41, 5.74) is 0. The van der Waals surface area contributed by atoms with Gasteiger partial charge in [0.25, 0.3) is 0 Å². The van der Waals surface area contributed by atoms with E-state index in [0.29, 0.717) is 6.42 Å². The molecule has 0 unspecified atom stereocenters. The summed E-state index contributed by atoms with van der Waals surface area (Å²) >= 11 is 0. The number of ketones is 1. The van der Waals surface area contributed by atoms with Crippen molar-refractivity contribution in [3.63, 3.8) is 0 Å². The minimum absolute atomic E-state index is 0.287. The van der Waals surface area contributed by atoms with Gasteiger partial charge >= 0.3 is 0 Å². The number of hydrogen-bond donors (Lipinski definition) is 0. The van der Waals surface area contributed by atoms with Crippen LogP contribution in [0.3, 0.4) is 0 Å². The van der Waals surface area contributed by atoms with Crippen molar-refractivity contribution in [1.29, 1.82) is 0 Å². The van der Waals surface area contributed by atoms with Crippen molar-refractivity contribution in [3.05, 3.63) is 0 Å². The normalized spacial score (nSPS) is 8.75. The third kappa shape index (κ3) is 5.73. The lowest BCUT2D eigenvalue weighted by molar-refractivity contribution is -0.116. The first-order valence-electron chi connectivity index (χ1n) is 3.08. The average molecular weight is 111 g/mol. The molecule has 8 heavy (non-hydrogen) atoms. The molecule has 0 atom stereocenters. The third-order valence-corrected chi connectivity index (χ3v) is 0.989. The van der Waals surface area contributed by atoms with E-state index in [-0.39, 0.29) is 5.78 Å². The maximum atomic E-state index is 10.3. The molecule has 0 spiro atoms. The summed E-state index contributed by atoms with van der Waals surface area (Å²) in [4.78, 5) is 10.3. The lowest BCUT2D eigenvalue weighted by Crippen LogP contribution is -1.92. The fourth-order valence-corrected chi connectivity index (χ4v) is 0.509.